The molecule has 1 aliphatic rings. The van der Waals surface area contributed by atoms with Crippen molar-refractivity contribution in [1.29, 1.82) is 0 Å². The van der Waals surface area contributed by atoms with Gasteiger partial charge in [0.1, 0.15) is 5.82 Å². The summed E-state index contributed by atoms with van der Waals surface area (Å²) in [4.78, 5) is 8.23. The third-order valence-electron chi connectivity index (χ3n) is 4.07. The topological polar surface area (TPSA) is 86.7 Å². The van der Waals surface area contributed by atoms with Gasteiger partial charge in [-0.15, -0.1) is 0 Å². The molecule has 0 spiro atoms. The fraction of sp³-hybridized carbons (Fsp3) is 0.615. The number of aliphatic hydroxyl groups is 1. The summed E-state index contributed by atoms with van der Waals surface area (Å²) in [6.45, 7) is 2.69. The maximum absolute atomic E-state index is 10.6. The number of fused-ring (bicyclic) bond motifs is 1. The van der Waals surface area contributed by atoms with Crippen LogP contribution in [0.1, 0.15) is 32.6 Å². The average Bonchev–Trinajstić information content (AvgIpc) is 2.88. The van der Waals surface area contributed by atoms with Crippen molar-refractivity contribution in [2.45, 2.75) is 38.2 Å². The van der Waals surface area contributed by atoms with E-state index in [9.17, 15) is 5.11 Å². The zero-order chi connectivity index (χ0) is 14.2. The Kier molecular flexibility index (Phi) is 3.52. The number of rotatable bonds is 3. The summed E-state index contributed by atoms with van der Waals surface area (Å²) in [7, 11) is 0. The monoisotopic (exact) mass is 295 g/mol. The van der Waals surface area contributed by atoms with Crippen LogP contribution in [0.25, 0.3) is 11.0 Å². The number of aromatic amines is 1. The van der Waals surface area contributed by atoms with Crippen LogP contribution in [0.15, 0.2) is 6.20 Å². The van der Waals surface area contributed by atoms with Gasteiger partial charge in [-0.05, 0) is 43.2 Å². The third kappa shape index (κ3) is 2.71. The van der Waals surface area contributed by atoms with Crippen LogP contribution >= 0.6 is 11.6 Å². The van der Waals surface area contributed by atoms with Gasteiger partial charge in [0.2, 0.25) is 5.28 Å². The molecular weight excluding hydrogens is 278 g/mol. The van der Waals surface area contributed by atoms with Crippen LogP contribution in [0.3, 0.4) is 0 Å². The second-order valence-electron chi connectivity index (χ2n) is 5.73. The predicted octanol–water partition coefficient (Wildman–Crippen LogP) is 2.36. The van der Waals surface area contributed by atoms with Gasteiger partial charge in [0, 0.05) is 6.54 Å². The number of anilines is 1. The second kappa shape index (κ2) is 5.18. The van der Waals surface area contributed by atoms with Crippen LogP contribution in [0.5, 0.6) is 0 Å². The molecule has 2 aromatic heterocycles. The minimum Gasteiger partial charge on any atom is -0.388 e. The van der Waals surface area contributed by atoms with Crippen LogP contribution in [-0.4, -0.2) is 37.4 Å². The highest BCUT2D eigenvalue weighted by Gasteiger charge is 2.31. The van der Waals surface area contributed by atoms with Gasteiger partial charge in [0.25, 0.3) is 0 Å². The molecule has 3 rings (SSSR count). The number of hydrogen-bond donors (Lipinski definition) is 3. The first kappa shape index (κ1) is 13.6. The SMILES string of the molecule is CC1CCC(O)(CNc2nc(Cl)nc3[nH]ncc23)CC1. The highest BCUT2D eigenvalue weighted by atomic mass is 35.5. The van der Waals surface area contributed by atoms with Crippen LogP contribution in [0.4, 0.5) is 5.82 Å². The Balaban J connectivity index is 1.75. The third-order valence-corrected chi connectivity index (χ3v) is 4.24. The molecular formula is C13H18ClN5O. The number of aromatic nitrogens is 4. The van der Waals surface area contributed by atoms with Gasteiger partial charge in [0.15, 0.2) is 5.65 Å². The van der Waals surface area contributed by atoms with Gasteiger partial charge in [-0.25, -0.2) is 0 Å². The van der Waals surface area contributed by atoms with Gasteiger partial charge in [-0.2, -0.15) is 15.1 Å². The molecule has 0 bridgehead atoms. The fourth-order valence-electron chi connectivity index (χ4n) is 2.67. The molecule has 0 unspecified atom stereocenters. The standard InChI is InChI=1S/C13H18ClN5O/c1-8-2-4-13(20,5-3-8)7-15-10-9-6-16-19-11(9)18-12(14)17-10/h6,8,20H,2-5,7H2,1H3,(H2,15,16,17,18,19). The van der Waals surface area contributed by atoms with Crippen LogP contribution in [0.2, 0.25) is 5.28 Å². The van der Waals surface area contributed by atoms with E-state index in [0.717, 1.165) is 31.1 Å². The van der Waals surface area contributed by atoms with Crippen LogP contribution < -0.4 is 5.32 Å². The maximum Gasteiger partial charge on any atom is 0.226 e. The minimum atomic E-state index is -0.667. The van der Waals surface area contributed by atoms with E-state index in [1.807, 2.05) is 0 Å². The molecule has 0 aliphatic heterocycles. The number of hydrogen-bond acceptors (Lipinski definition) is 5. The Hall–Kier alpha value is -1.40. The molecule has 1 saturated carbocycles. The molecule has 2 heterocycles. The van der Waals surface area contributed by atoms with Crippen molar-refractivity contribution in [3.63, 3.8) is 0 Å². The summed E-state index contributed by atoms with van der Waals surface area (Å²) >= 11 is 5.88. The van der Waals surface area contributed by atoms with Crippen molar-refractivity contribution in [1.82, 2.24) is 20.2 Å². The first-order valence-electron chi connectivity index (χ1n) is 6.89. The zero-order valence-corrected chi connectivity index (χ0v) is 12.1. The Labute approximate surface area is 122 Å². The largest absolute Gasteiger partial charge is 0.388 e. The smallest absolute Gasteiger partial charge is 0.226 e. The molecule has 3 N–H and O–H groups in total. The van der Waals surface area contributed by atoms with E-state index in [0.29, 0.717) is 23.9 Å². The highest BCUT2D eigenvalue weighted by molar-refractivity contribution is 6.28. The van der Waals surface area contributed by atoms with Crippen molar-refractivity contribution in [3.05, 3.63) is 11.5 Å². The molecule has 108 valence electrons. The summed E-state index contributed by atoms with van der Waals surface area (Å²) in [6.07, 6.45) is 5.40. The normalized spacial score (nSPS) is 26.9. The lowest BCUT2D eigenvalue weighted by Gasteiger charge is -2.35. The molecule has 20 heavy (non-hydrogen) atoms. The molecule has 1 fully saturated rings. The van der Waals surface area contributed by atoms with Crippen molar-refractivity contribution < 1.29 is 5.11 Å². The number of halogens is 1. The van der Waals surface area contributed by atoms with E-state index in [1.54, 1.807) is 6.20 Å². The van der Waals surface area contributed by atoms with E-state index < -0.39 is 5.60 Å². The summed E-state index contributed by atoms with van der Waals surface area (Å²) in [6, 6.07) is 0. The van der Waals surface area contributed by atoms with Crippen LogP contribution in [-0.2, 0) is 0 Å². The van der Waals surface area contributed by atoms with E-state index in [4.69, 9.17) is 11.6 Å². The van der Waals surface area contributed by atoms with Gasteiger partial charge >= 0.3 is 0 Å². The van der Waals surface area contributed by atoms with E-state index >= 15 is 0 Å². The number of nitrogens with zero attached hydrogens (tertiary/aromatic N) is 3. The van der Waals surface area contributed by atoms with Gasteiger partial charge in [0.05, 0.1) is 17.2 Å². The average molecular weight is 296 g/mol. The molecule has 7 heteroatoms. The summed E-state index contributed by atoms with van der Waals surface area (Å²) in [5.74, 6) is 1.31. The first-order chi connectivity index (χ1) is 9.56. The van der Waals surface area contributed by atoms with Crippen molar-refractivity contribution in [2.75, 3.05) is 11.9 Å². The van der Waals surface area contributed by atoms with Gasteiger partial charge in [-0.1, -0.05) is 6.92 Å². The lowest BCUT2D eigenvalue weighted by molar-refractivity contribution is 0.00497. The van der Waals surface area contributed by atoms with Crippen molar-refractivity contribution in [2.24, 2.45) is 5.92 Å². The molecule has 0 amide bonds. The van der Waals surface area contributed by atoms with E-state index in [1.165, 1.54) is 0 Å². The molecule has 1 aliphatic carbocycles. The summed E-state index contributed by atoms with van der Waals surface area (Å²) in [5, 5.41) is 21.4. The number of nitrogens with one attached hydrogen (secondary N) is 2. The summed E-state index contributed by atoms with van der Waals surface area (Å²) < 4.78 is 0. The van der Waals surface area contributed by atoms with Gasteiger partial charge in [-0.3, -0.25) is 5.10 Å². The Morgan fingerprint density at radius 2 is 2.20 bits per heavy atom. The van der Waals surface area contributed by atoms with E-state index in [2.05, 4.69) is 32.4 Å². The molecule has 0 aromatic carbocycles. The minimum absolute atomic E-state index is 0.161. The zero-order valence-electron chi connectivity index (χ0n) is 11.4. The van der Waals surface area contributed by atoms with Crippen molar-refractivity contribution >= 4 is 28.5 Å². The Bertz CT molecular complexity index is 606. The molecule has 0 atom stereocenters. The summed E-state index contributed by atoms with van der Waals surface area (Å²) in [5.41, 5.74) is -0.0725. The molecule has 6 nitrogen and oxygen atoms in total. The lowest BCUT2D eigenvalue weighted by Crippen LogP contribution is -2.40. The molecule has 0 radical (unpaired) electrons. The molecule has 0 saturated heterocycles. The Morgan fingerprint density at radius 1 is 1.45 bits per heavy atom. The van der Waals surface area contributed by atoms with Crippen molar-refractivity contribution in [3.8, 4) is 0 Å². The van der Waals surface area contributed by atoms with Crippen LogP contribution in [0, 0.1) is 5.92 Å². The molecule has 2 aromatic rings. The lowest BCUT2D eigenvalue weighted by atomic mass is 9.79. The second-order valence-corrected chi connectivity index (χ2v) is 6.07. The van der Waals surface area contributed by atoms with E-state index in [-0.39, 0.29) is 5.28 Å². The Morgan fingerprint density at radius 3 is 2.95 bits per heavy atom. The number of H-pyrrole nitrogens is 1. The maximum atomic E-state index is 10.6. The first-order valence-corrected chi connectivity index (χ1v) is 7.26. The fourth-order valence-corrected chi connectivity index (χ4v) is 2.84. The quantitative estimate of drug-likeness (QED) is 0.757. The van der Waals surface area contributed by atoms with Gasteiger partial charge < -0.3 is 10.4 Å². The predicted molar refractivity (Wildman–Crippen MR) is 77.8 cm³/mol. The highest BCUT2D eigenvalue weighted by Crippen LogP contribution is 2.32.